The molecule has 0 spiro atoms. The Labute approximate surface area is 165 Å². The Kier molecular flexibility index (Phi) is 4.25. The molecule has 0 bridgehead atoms. The van der Waals surface area contributed by atoms with Gasteiger partial charge in [-0.15, -0.1) is 11.3 Å². The molecule has 0 fully saturated rings. The number of thiazole rings is 1. The molecule has 0 unspecified atom stereocenters. The smallest absolute Gasteiger partial charge is 0.335 e. The van der Waals surface area contributed by atoms with E-state index in [1.165, 1.54) is 11.3 Å². The van der Waals surface area contributed by atoms with Gasteiger partial charge in [0.05, 0.1) is 27.5 Å². The lowest BCUT2D eigenvalue weighted by Crippen LogP contribution is -2.29. The molecule has 5 nitrogen and oxygen atoms in total. The van der Waals surface area contributed by atoms with Crippen molar-refractivity contribution in [2.75, 3.05) is 5.32 Å². The van der Waals surface area contributed by atoms with Gasteiger partial charge in [0.25, 0.3) is 0 Å². The van der Waals surface area contributed by atoms with E-state index in [1.54, 1.807) is 24.3 Å². The molecule has 4 rings (SSSR count). The first-order chi connectivity index (χ1) is 12.8. The predicted molar refractivity (Wildman–Crippen MR) is 109 cm³/mol. The number of carbonyl (C=O) groups is 1. The van der Waals surface area contributed by atoms with E-state index in [1.807, 2.05) is 37.4 Å². The summed E-state index contributed by atoms with van der Waals surface area (Å²) in [7, 11) is 0. The number of benzene rings is 2. The number of hydrogen-bond donors (Lipinski definition) is 2. The summed E-state index contributed by atoms with van der Waals surface area (Å²) in [5, 5.41) is 15.7. The van der Waals surface area contributed by atoms with Gasteiger partial charge in [-0.25, -0.2) is 9.78 Å². The van der Waals surface area contributed by atoms with Crippen molar-refractivity contribution < 1.29 is 9.90 Å². The molecule has 136 valence electrons. The van der Waals surface area contributed by atoms with Crippen LogP contribution < -0.4 is 5.32 Å². The highest BCUT2D eigenvalue weighted by molar-refractivity contribution is 7.12. The molecule has 27 heavy (non-hydrogen) atoms. The molecular weight excluding hydrogens is 382 g/mol. The van der Waals surface area contributed by atoms with Crippen LogP contribution in [-0.4, -0.2) is 21.9 Å². The fraction of sp³-hybridized carbons (Fsp3) is 0.150. The van der Waals surface area contributed by atoms with Gasteiger partial charge in [0.2, 0.25) is 0 Å². The number of rotatable bonds is 3. The number of halogens is 1. The first-order valence-electron chi connectivity index (χ1n) is 8.31. The molecule has 2 heterocycles. The Morgan fingerprint density at radius 3 is 2.63 bits per heavy atom. The maximum Gasteiger partial charge on any atom is 0.335 e. The number of fused-ring (bicyclic) bond motifs is 1. The maximum absolute atomic E-state index is 11.0. The van der Waals surface area contributed by atoms with E-state index >= 15 is 0 Å². The van der Waals surface area contributed by atoms with Crippen LogP contribution in [0, 0.1) is 0 Å². The van der Waals surface area contributed by atoms with Gasteiger partial charge >= 0.3 is 5.97 Å². The molecule has 0 aliphatic carbocycles. The lowest BCUT2D eigenvalue weighted by molar-refractivity contribution is 0.0697. The summed E-state index contributed by atoms with van der Waals surface area (Å²) in [5.74, 6) is -0.266. The summed E-state index contributed by atoms with van der Waals surface area (Å²) in [6.07, 6.45) is 0. The van der Waals surface area contributed by atoms with Crippen molar-refractivity contribution in [3.05, 3.63) is 69.0 Å². The number of aliphatic imine (C=N–C) groups is 1. The fourth-order valence-corrected chi connectivity index (χ4v) is 4.04. The monoisotopic (exact) mass is 397 g/mol. The second kappa shape index (κ2) is 6.48. The third kappa shape index (κ3) is 3.22. The molecule has 7 heteroatoms. The molecule has 0 radical (unpaired) electrons. The van der Waals surface area contributed by atoms with Crippen LogP contribution in [0.1, 0.15) is 34.8 Å². The number of aromatic nitrogens is 1. The highest BCUT2D eigenvalue weighted by atomic mass is 35.5. The zero-order chi connectivity index (χ0) is 19.2. The lowest BCUT2D eigenvalue weighted by Gasteiger charge is -2.30. The van der Waals surface area contributed by atoms with Crippen molar-refractivity contribution in [2.45, 2.75) is 19.4 Å². The van der Waals surface area contributed by atoms with Crippen LogP contribution in [0.5, 0.6) is 0 Å². The van der Waals surface area contributed by atoms with Gasteiger partial charge in [0.1, 0.15) is 0 Å². The Hall–Kier alpha value is -2.70. The highest BCUT2D eigenvalue weighted by Gasteiger charge is 2.30. The second-order valence-electron chi connectivity index (χ2n) is 6.73. The normalized spacial score (nSPS) is 14.9. The Bertz CT molecular complexity index is 1070. The third-order valence-corrected chi connectivity index (χ3v) is 5.61. The third-order valence-electron chi connectivity index (χ3n) is 4.44. The molecular formula is C20H16ClN3O2S. The van der Waals surface area contributed by atoms with E-state index in [-0.39, 0.29) is 5.56 Å². The van der Waals surface area contributed by atoms with E-state index in [0.717, 1.165) is 27.5 Å². The molecule has 0 amide bonds. The van der Waals surface area contributed by atoms with E-state index in [0.29, 0.717) is 10.9 Å². The average molecular weight is 398 g/mol. The molecule has 2 aromatic carbocycles. The second-order valence-corrected chi connectivity index (χ2v) is 7.99. The molecule has 0 atom stereocenters. The van der Waals surface area contributed by atoms with Crippen LogP contribution in [0.15, 0.2) is 52.8 Å². The quantitative estimate of drug-likeness (QED) is 0.631. The van der Waals surface area contributed by atoms with Gasteiger partial charge in [0.15, 0.2) is 10.8 Å². The van der Waals surface area contributed by atoms with Gasteiger partial charge in [-0.2, -0.15) is 0 Å². The fourth-order valence-electron chi connectivity index (χ4n) is 3.05. The number of carboxylic acids is 1. The molecule has 3 aromatic rings. The van der Waals surface area contributed by atoms with Crippen LogP contribution in [0.25, 0.3) is 11.3 Å². The van der Waals surface area contributed by atoms with Crippen molar-refractivity contribution in [2.24, 2.45) is 4.99 Å². The van der Waals surface area contributed by atoms with Gasteiger partial charge in [0, 0.05) is 16.5 Å². The highest BCUT2D eigenvalue weighted by Crippen LogP contribution is 2.40. The van der Waals surface area contributed by atoms with Crippen LogP contribution >= 0.6 is 22.9 Å². The first-order valence-corrected chi connectivity index (χ1v) is 9.56. The minimum atomic E-state index is -0.945. The van der Waals surface area contributed by atoms with Crippen molar-refractivity contribution in [1.29, 1.82) is 0 Å². The zero-order valence-electron chi connectivity index (χ0n) is 14.7. The number of amidine groups is 1. The molecule has 1 aliphatic heterocycles. The summed E-state index contributed by atoms with van der Waals surface area (Å²) >= 11 is 7.86. The number of nitrogens with one attached hydrogen (secondary N) is 1. The summed E-state index contributed by atoms with van der Waals surface area (Å²) in [5.41, 5.74) is 3.36. The number of aromatic carboxylic acids is 1. The molecule has 0 saturated carbocycles. The number of hydrogen-bond acceptors (Lipinski definition) is 5. The van der Waals surface area contributed by atoms with Crippen molar-refractivity contribution >= 4 is 40.4 Å². The SMILES string of the molecule is CC1(C)N=C(c2nc(-c3ccc(C(=O)O)cc3)cs2)Nc2c(Cl)cccc21. The minimum Gasteiger partial charge on any atom is -0.478 e. The molecule has 1 aliphatic rings. The topological polar surface area (TPSA) is 74.6 Å². The van der Waals surface area contributed by atoms with E-state index in [9.17, 15) is 4.79 Å². The van der Waals surface area contributed by atoms with Gasteiger partial charge in [-0.1, -0.05) is 35.9 Å². The first kappa shape index (κ1) is 17.7. The van der Waals surface area contributed by atoms with Gasteiger partial charge in [-0.05, 0) is 32.0 Å². The molecule has 2 N–H and O–H groups in total. The zero-order valence-corrected chi connectivity index (χ0v) is 16.2. The van der Waals surface area contributed by atoms with E-state index in [4.69, 9.17) is 21.7 Å². The average Bonchev–Trinajstić information content (AvgIpc) is 3.12. The number of nitrogens with zero attached hydrogens (tertiary/aromatic N) is 2. The van der Waals surface area contributed by atoms with E-state index < -0.39 is 11.5 Å². The lowest BCUT2D eigenvalue weighted by atomic mass is 9.91. The Morgan fingerprint density at radius 1 is 1.19 bits per heavy atom. The van der Waals surface area contributed by atoms with Crippen molar-refractivity contribution in [3.63, 3.8) is 0 Å². The van der Waals surface area contributed by atoms with E-state index in [2.05, 4.69) is 10.3 Å². The van der Waals surface area contributed by atoms with Crippen LogP contribution in [0.4, 0.5) is 5.69 Å². The number of anilines is 1. The van der Waals surface area contributed by atoms with Crippen molar-refractivity contribution in [1.82, 2.24) is 4.98 Å². The molecule has 0 saturated heterocycles. The van der Waals surface area contributed by atoms with Crippen molar-refractivity contribution in [3.8, 4) is 11.3 Å². The van der Waals surface area contributed by atoms with Gasteiger partial charge < -0.3 is 10.4 Å². The molecule has 1 aromatic heterocycles. The number of para-hydroxylation sites is 1. The summed E-state index contributed by atoms with van der Waals surface area (Å²) < 4.78 is 0. The minimum absolute atomic E-state index is 0.250. The number of carboxylic acid groups (broad SMARTS) is 1. The predicted octanol–water partition coefficient (Wildman–Crippen LogP) is 5.27. The standard InChI is InChI=1S/C20H16ClN3O2S/c1-20(2)13-4-3-5-14(21)16(13)23-17(24-20)18-22-15(10-27-18)11-6-8-12(9-7-11)19(25)26/h3-10H,1-2H3,(H,23,24)(H,25,26). The summed E-state index contributed by atoms with van der Waals surface area (Å²) in [6, 6.07) is 12.5. The Balaban J connectivity index is 1.68. The van der Waals surface area contributed by atoms with Crippen LogP contribution in [0.2, 0.25) is 5.02 Å². The largest absolute Gasteiger partial charge is 0.478 e. The summed E-state index contributed by atoms with van der Waals surface area (Å²) in [4.78, 5) is 20.5. The maximum atomic E-state index is 11.0. The summed E-state index contributed by atoms with van der Waals surface area (Å²) in [6.45, 7) is 4.09. The Morgan fingerprint density at radius 2 is 1.93 bits per heavy atom. The van der Waals surface area contributed by atoms with Crippen LogP contribution in [0.3, 0.4) is 0 Å². The van der Waals surface area contributed by atoms with Crippen LogP contribution in [-0.2, 0) is 5.54 Å². The van der Waals surface area contributed by atoms with Gasteiger partial charge in [-0.3, -0.25) is 4.99 Å².